The maximum Gasteiger partial charge on any atom is 0.265 e. The van der Waals surface area contributed by atoms with Crippen molar-refractivity contribution in [3.8, 4) is 0 Å². The van der Waals surface area contributed by atoms with Gasteiger partial charge in [-0.1, -0.05) is 17.7 Å². The molecule has 0 spiro atoms. The van der Waals surface area contributed by atoms with Gasteiger partial charge in [0.25, 0.3) is 10.0 Å². The molecule has 0 fully saturated rings. The van der Waals surface area contributed by atoms with Gasteiger partial charge in [0.1, 0.15) is 10.7 Å². The van der Waals surface area contributed by atoms with E-state index in [9.17, 15) is 12.8 Å². The fraction of sp³-hybridized carbons (Fsp3) is 0. The zero-order valence-electron chi connectivity index (χ0n) is 9.77. The van der Waals surface area contributed by atoms with Crippen LogP contribution < -0.4 is 10.5 Å². The summed E-state index contributed by atoms with van der Waals surface area (Å²) in [6.07, 6.45) is 1.36. The lowest BCUT2D eigenvalue weighted by Crippen LogP contribution is -2.16. The highest BCUT2D eigenvalue weighted by molar-refractivity contribution is 9.10. The summed E-state index contributed by atoms with van der Waals surface area (Å²) < 4.78 is 40.6. The van der Waals surface area contributed by atoms with Crippen LogP contribution in [0.15, 0.2) is 39.8 Å². The highest BCUT2D eigenvalue weighted by Gasteiger charge is 2.21. The van der Waals surface area contributed by atoms with E-state index in [0.717, 1.165) is 0 Å². The van der Waals surface area contributed by atoms with Gasteiger partial charge >= 0.3 is 0 Å². The molecule has 106 valence electrons. The summed E-state index contributed by atoms with van der Waals surface area (Å²) in [5.41, 5.74) is 5.26. The zero-order valence-corrected chi connectivity index (χ0v) is 12.9. The Hall–Kier alpha value is -1.38. The maximum atomic E-state index is 13.7. The molecule has 0 saturated heterocycles. The molecule has 0 aliphatic heterocycles. The largest absolute Gasteiger partial charge is 0.383 e. The van der Waals surface area contributed by atoms with Crippen molar-refractivity contribution in [2.45, 2.75) is 4.90 Å². The van der Waals surface area contributed by atoms with Crippen LogP contribution in [-0.4, -0.2) is 13.4 Å². The Balaban J connectivity index is 2.46. The van der Waals surface area contributed by atoms with E-state index >= 15 is 0 Å². The van der Waals surface area contributed by atoms with Crippen molar-refractivity contribution < 1.29 is 12.8 Å². The second-order valence-corrected chi connectivity index (χ2v) is 6.72. The number of nitrogens with one attached hydrogen (secondary N) is 1. The summed E-state index contributed by atoms with van der Waals surface area (Å²) in [7, 11) is -4.07. The van der Waals surface area contributed by atoms with Crippen LogP contribution in [0.3, 0.4) is 0 Å². The van der Waals surface area contributed by atoms with Gasteiger partial charge in [0.05, 0.1) is 10.7 Å². The molecule has 5 nitrogen and oxygen atoms in total. The summed E-state index contributed by atoms with van der Waals surface area (Å²) in [5, 5.41) is -0.189. The maximum absolute atomic E-state index is 13.7. The second kappa shape index (κ2) is 5.55. The monoisotopic (exact) mass is 379 g/mol. The molecule has 0 unspecified atom stereocenters. The van der Waals surface area contributed by atoms with Gasteiger partial charge in [-0.15, -0.1) is 0 Å². The number of nitrogens with zero attached hydrogens (tertiary/aromatic N) is 1. The predicted molar refractivity (Wildman–Crippen MR) is 78.6 cm³/mol. The van der Waals surface area contributed by atoms with Crippen LogP contribution in [0.2, 0.25) is 5.02 Å². The zero-order chi connectivity index (χ0) is 14.9. The van der Waals surface area contributed by atoms with E-state index in [0.29, 0.717) is 4.47 Å². The van der Waals surface area contributed by atoms with Crippen LogP contribution in [0.1, 0.15) is 0 Å². The molecule has 2 rings (SSSR count). The first-order valence-electron chi connectivity index (χ1n) is 5.19. The standard InChI is InChI=1S/C11H8BrClFN3O2S/c12-6-4-9(11(15)16-5-6)20(18,19)17-8-3-1-2-7(13)10(8)14/h1-5,17H,(H2,15,16). The van der Waals surface area contributed by atoms with E-state index in [4.69, 9.17) is 17.3 Å². The van der Waals surface area contributed by atoms with E-state index in [2.05, 4.69) is 25.6 Å². The number of hydrogen-bond donors (Lipinski definition) is 2. The van der Waals surface area contributed by atoms with Gasteiger partial charge in [0.15, 0.2) is 5.82 Å². The lowest BCUT2D eigenvalue weighted by molar-refractivity contribution is 0.598. The number of benzene rings is 1. The average Bonchev–Trinajstić information content (AvgIpc) is 2.37. The van der Waals surface area contributed by atoms with Crippen molar-refractivity contribution in [1.82, 2.24) is 4.98 Å². The lowest BCUT2D eigenvalue weighted by atomic mass is 10.3. The minimum atomic E-state index is -4.07. The number of pyridine rings is 1. The van der Waals surface area contributed by atoms with Crippen molar-refractivity contribution in [2.24, 2.45) is 0 Å². The third kappa shape index (κ3) is 3.02. The molecule has 1 heterocycles. The first kappa shape index (κ1) is 15.0. The Morgan fingerprint density at radius 2 is 2.10 bits per heavy atom. The van der Waals surface area contributed by atoms with Gasteiger partial charge in [-0.3, -0.25) is 4.72 Å². The number of nitrogen functional groups attached to an aromatic ring is 1. The third-order valence-electron chi connectivity index (χ3n) is 2.33. The topological polar surface area (TPSA) is 85.1 Å². The van der Waals surface area contributed by atoms with E-state index in [1.165, 1.54) is 30.5 Å². The molecule has 0 atom stereocenters. The summed E-state index contributed by atoms with van der Waals surface area (Å²) in [6.45, 7) is 0. The molecular weight excluding hydrogens is 373 g/mol. The Bertz CT molecular complexity index is 770. The number of nitrogens with two attached hydrogens (primary N) is 1. The minimum absolute atomic E-state index is 0.189. The molecule has 0 radical (unpaired) electrons. The Morgan fingerprint density at radius 3 is 2.80 bits per heavy atom. The summed E-state index contributed by atoms with van der Waals surface area (Å²) >= 11 is 8.69. The quantitative estimate of drug-likeness (QED) is 0.857. The predicted octanol–water partition coefficient (Wildman–Crippen LogP) is 3.02. The summed E-state index contributed by atoms with van der Waals surface area (Å²) in [4.78, 5) is 3.46. The van der Waals surface area contributed by atoms with Crippen LogP contribution in [0.4, 0.5) is 15.9 Å². The summed E-state index contributed by atoms with van der Waals surface area (Å²) in [6, 6.07) is 5.25. The SMILES string of the molecule is Nc1ncc(Br)cc1S(=O)(=O)Nc1cccc(Cl)c1F. The van der Waals surface area contributed by atoms with Gasteiger partial charge in [-0.25, -0.2) is 17.8 Å². The molecule has 0 aliphatic carbocycles. The second-order valence-electron chi connectivity index (χ2n) is 3.74. The molecule has 0 aliphatic rings. The number of aromatic nitrogens is 1. The molecule has 0 saturated carbocycles. The van der Waals surface area contributed by atoms with E-state index < -0.39 is 15.8 Å². The fourth-order valence-electron chi connectivity index (χ4n) is 1.43. The van der Waals surface area contributed by atoms with Gasteiger partial charge in [-0.2, -0.15) is 0 Å². The van der Waals surface area contributed by atoms with Crippen LogP contribution >= 0.6 is 27.5 Å². The van der Waals surface area contributed by atoms with E-state index in [1.807, 2.05) is 0 Å². The highest BCUT2D eigenvalue weighted by atomic mass is 79.9. The summed E-state index contributed by atoms with van der Waals surface area (Å²) in [5.74, 6) is -1.05. The highest BCUT2D eigenvalue weighted by Crippen LogP contribution is 2.27. The van der Waals surface area contributed by atoms with E-state index in [-0.39, 0.29) is 21.4 Å². The fourth-order valence-corrected chi connectivity index (χ4v) is 3.25. The smallest absolute Gasteiger partial charge is 0.265 e. The van der Waals surface area contributed by atoms with Crippen molar-refractivity contribution >= 4 is 49.1 Å². The molecule has 20 heavy (non-hydrogen) atoms. The van der Waals surface area contributed by atoms with Crippen molar-refractivity contribution in [3.63, 3.8) is 0 Å². The molecule has 1 aromatic carbocycles. The van der Waals surface area contributed by atoms with Gasteiger partial charge < -0.3 is 5.73 Å². The average molecular weight is 381 g/mol. The number of anilines is 2. The Kier molecular flexibility index (Phi) is 4.17. The number of rotatable bonds is 3. The van der Waals surface area contributed by atoms with E-state index in [1.54, 1.807) is 0 Å². The number of hydrogen-bond acceptors (Lipinski definition) is 4. The Morgan fingerprint density at radius 1 is 1.40 bits per heavy atom. The molecule has 2 aromatic rings. The molecule has 9 heteroatoms. The van der Waals surface area contributed by atoms with Crippen molar-refractivity contribution in [3.05, 3.63) is 45.8 Å². The first-order valence-corrected chi connectivity index (χ1v) is 7.84. The number of sulfonamides is 1. The normalized spacial score (nSPS) is 11.3. The minimum Gasteiger partial charge on any atom is -0.383 e. The van der Waals surface area contributed by atoms with Crippen LogP contribution in [0, 0.1) is 5.82 Å². The van der Waals surface area contributed by atoms with Crippen molar-refractivity contribution in [1.29, 1.82) is 0 Å². The van der Waals surface area contributed by atoms with Crippen LogP contribution in [0.5, 0.6) is 0 Å². The molecular formula is C11H8BrClFN3O2S. The van der Waals surface area contributed by atoms with Gasteiger partial charge in [0, 0.05) is 10.7 Å². The molecule has 0 bridgehead atoms. The van der Waals surface area contributed by atoms with Crippen LogP contribution in [-0.2, 0) is 10.0 Å². The molecule has 3 N–H and O–H groups in total. The van der Waals surface area contributed by atoms with Gasteiger partial charge in [0.2, 0.25) is 0 Å². The molecule has 1 aromatic heterocycles. The third-order valence-corrected chi connectivity index (χ3v) is 4.45. The van der Waals surface area contributed by atoms with Crippen LogP contribution in [0.25, 0.3) is 0 Å². The lowest BCUT2D eigenvalue weighted by Gasteiger charge is -2.11. The first-order chi connectivity index (χ1) is 9.31. The molecule has 0 amide bonds. The van der Waals surface area contributed by atoms with Crippen molar-refractivity contribution in [2.75, 3.05) is 10.5 Å². The number of halogens is 3. The van der Waals surface area contributed by atoms with Gasteiger partial charge in [-0.05, 0) is 34.1 Å². The Labute approximate surface area is 128 Å².